The number of aromatic amines is 1. The fourth-order valence-electron chi connectivity index (χ4n) is 0.992. The second kappa shape index (κ2) is 5.19. The standard InChI is InChI=1S/C8H15N3S/c1-3-4-5-7(2)12-8-9-6-10-11-8/h6-7H,3-5H2,1-2H3,(H,9,10,11). The molecule has 1 aromatic rings. The third-order valence-corrected chi connectivity index (χ3v) is 2.73. The summed E-state index contributed by atoms with van der Waals surface area (Å²) in [6, 6.07) is 0. The number of hydrogen-bond acceptors (Lipinski definition) is 3. The van der Waals surface area contributed by atoms with Crippen LogP contribution in [-0.4, -0.2) is 20.4 Å². The van der Waals surface area contributed by atoms with Crippen molar-refractivity contribution >= 4 is 11.8 Å². The van der Waals surface area contributed by atoms with Gasteiger partial charge in [-0.3, -0.25) is 5.10 Å². The maximum atomic E-state index is 4.06. The van der Waals surface area contributed by atoms with Gasteiger partial charge >= 0.3 is 0 Å². The van der Waals surface area contributed by atoms with E-state index in [2.05, 4.69) is 29.0 Å². The van der Waals surface area contributed by atoms with Gasteiger partial charge < -0.3 is 0 Å². The predicted molar refractivity (Wildman–Crippen MR) is 51.2 cm³/mol. The van der Waals surface area contributed by atoms with E-state index in [0.717, 1.165) is 5.16 Å². The summed E-state index contributed by atoms with van der Waals surface area (Å²) in [5, 5.41) is 8.21. The lowest BCUT2D eigenvalue weighted by Gasteiger charge is -2.06. The van der Waals surface area contributed by atoms with Gasteiger partial charge in [0.1, 0.15) is 6.33 Å². The number of unbranched alkanes of at least 4 members (excludes halogenated alkanes) is 1. The second-order valence-corrected chi connectivity index (χ2v) is 4.29. The molecular formula is C8H15N3S. The Morgan fingerprint density at radius 1 is 1.67 bits per heavy atom. The van der Waals surface area contributed by atoms with Crippen LogP contribution >= 0.6 is 11.8 Å². The number of nitrogens with zero attached hydrogens (tertiary/aromatic N) is 2. The highest BCUT2D eigenvalue weighted by Crippen LogP contribution is 2.21. The van der Waals surface area contributed by atoms with Gasteiger partial charge in [-0.25, -0.2) is 4.98 Å². The van der Waals surface area contributed by atoms with E-state index in [1.807, 2.05) is 0 Å². The minimum absolute atomic E-state index is 0.637. The SMILES string of the molecule is CCCCC(C)Sc1ncn[nH]1. The summed E-state index contributed by atoms with van der Waals surface area (Å²) in [4.78, 5) is 4.06. The molecule has 0 aliphatic rings. The Hall–Kier alpha value is -0.510. The van der Waals surface area contributed by atoms with Crippen LogP contribution in [0, 0.1) is 0 Å². The average Bonchev–Trinajstić information content (AvgIpc) is 2.53. The number of H-pyrrole nitrogens is 1. The van der Waals surface area contributed by atoms with Gasteiger partial charge in [0.2, 0.25) is 0 Å². The van der Waals surface area contributed by atoms with Crippen LogP contribution in [0.1, 0.15) is 33.1 Å². The molecule has 0 radical (unpaired) electrons. The largest absolute Gasteiger partial charge is 0.254 e. The van der Waals surface area contributed by atoms with Crippen molar-refractivity contribution in [1.82, 2.24) is 15.2 Å². The average molecular weight is 185 g/mol. The summed E-state index contributed by atoms with van der Waals surface area (Å²) in [5.41, 5.74) is 0. The zero-order valence-corrected chi connectivity index (χ0v) is 8.40. The van der Waals surface area contributed by atoms with Crippen LogP contribution in [0.15, 0.2) is 11.5 Å². The van der Waals surface area contributed by atoms with Crippen LogP contribution in [0.2, 0.25) is 0 Å². The van der Waals surface area contributed by atoms with Crippen LogP contribution in [0.25, 0.3) is 0 Å². The fourth-order valence-corrected chi connectivity index (χ4v) is 1.87. The molecule has 1 unspecified atom stereocenters. The topological polar surface area (TPSA) is 41.6 Å². The molecule has 1 rings (SSSR count). The summed E-state index contributed by atoms with van der Waals surface area (Å²) < 4.78 is 0. The van der Waals surface area contributed by atoms with E-state index in [4.69, 9.17) is 0 Å². The van der Waals surface area contributed by atoms with E-state index in [-0.39, 0.29) is 0 Å². The van der Waals surface area contributed by atoms with Gasteiger partial charge in [0.05, 0.1) is 0 Å². The molecule has 0 aliphatic heterocycles. The minimum Gasteiger partial charge on any atom is -0.254 e. The molecule has 0 fully saturated rings. The van der Waals surface area contributed by atoms with E-state index >= 15 is 0 Å². The molecule has 3 nitrogen and oxygen atoms in total. The number of rotatable bonds is 5. The molecule has 12 heavy (non-hydrogen) atoms. The van der Waals surface area contributed by atoms with Gasteiger partial charge in [0, 0.05) is 5.25 Å². The first-order valence-corrected chi connectivity index (χ1v) is 5.23. The number of thioether (sulfide) groups is 1. The van der Waals surface area contributed by atoms with Crippen molar-refractivity contribution < 1.29 is 0 Å². The maximum Gasteiger partial charge on any atom is 0.183 e. The number of nitrogens with one attached hydrogen (secondary N) is 1. The maximum absolute atomic E-state index is 4.06. The Morgan fingerprint density at radius 3 is 3.08 bits per heavy atom. The van der Waals surface area contributed by atoms with Crippen molar-refractivity contribution in [3.05, 3.63) is 6.33 Å². The van der Waals surface area contributed by atoms with E-state index < -0.39 is 0 Å². The van der Waals surface area contributed by atoms with Crippen molar-refractivity contribution in [2.75, 3.05) is 0 Å². The van der Waals surface area contributed by atoms with Crippen molar-refractivity contribution in [1.29, 1.82) is 0 Å². The quantitative estimate of drug-likeness (QED) is 0.716. The van der Waals surface area contributed by atoms with Crippen LogP contribution in [-0.2, 0) is 0 Å². The third kappa shape index (κ3) is 3.26. The van der Waals surface area contributed by atoms with E-state index in [0.29, 0.717) is 5.25 Å². The molecule has 1 aromatic heterocycles. The zero-order chi connectivity index (χ0) is 8.81. The molecule has 0 spiro atoms. The molecule has 68 valence electrons. The summed E-state index contributed by atoms with van der Waals surface area (Å²) in [6.45, 7) is 4.44. The lowest BCUT2D eigenvalue weighted by molar-refractivity contribution is 0.711. The molecule has 1 N–H and O–H groups in total. The Bertz CT molecular complexity index is 198. The highest BCUT2D eigenvalue weighted by Gasteiger charge is 2.04. The summed E-state index contributed by atoms with van der Waals surface area (Å²) >= 11 is 1.76. The Balaban J connectivity index is 2.22. The Kier molecular flexibility index (Phi) is 4.14. The molecule has 1 heterocycles. The number of hydrogen-bond donors (Lipinski definition) is 1. The molecular weight excluding hydrogens is 170 g/mol. The Labute approximate surface area is 77.4 Å². The molecule has 0 bridgehead atoms. The van der Waals surface area contributed by atoms with Crippen molar-refractivity contribution in [3.8, 4) is 0 Å². The molecule has 0 saturated heterocycles. The predicted octanol–water partition coefficient (Wildman–Crippen LogP) is 2.48. The first kappa shape index (κ1) is 9.58. The summed E-state index contributed by atoms with van der Waals surface area (Å²) in [6.07, 6.45) is 5.36. The van der Waals surface area contributed by atoms with Gasteiger partial charge in [0.25, 0.3) is 0 Å². The van der Waals surface area contributed by atoms with Crippen LogP contribution < -0.4 is 0 Å². The number of aromatic nitrogens is 3. The third-order valence-electron chi connectivity index (χ3n) is 1.67. The van der Waals surface area contributed by atoms with Crippen molar-refractivity contribution in [3.63, 3.8) is 0 Å². The van der Waals surface area contributed by atoms with Crippen LogP contribution in [0.5, 0.6) is 0 Å². The second-order valence-electron chi connectivity index (χ2n) is 2.86. The van der Waals surface area contributed by atoms with Gasteiger partial charge in [0.15, 0.2) is 5.16 Å². The highest BCUT2D eigenvalue weighted by molar-refractivity contribution is 7.99. The van der Waals surface area contributed by atoms with Crippen molar-refractivity contribution in [2.45, 2.75) is 43.5 Å². The first-order valence-electron chi connectivity index (χ1n) is 4.35. The van der Waals surface area contributed by atoms with E-state index in [1.165, 1.54) is 19.3 Å². The smallest absolute Gasteiger partial charge is 0.183 e. The van der Waals surface area contributed by atoms with Gasteiger partial charge in [-0.15, -0.1) is 0 Å². The molecule has 0 aromatic carbocycles. The summed E-state index contributed by atoms with van der Waals surface area (Å²) in [7, 11) is 0. The Morgan fingerprint density at radius 2 is 2.50 bits per heavy atom. The van der Waals surface area contributed by atoms with Gasteiger partial charge in [-0.2, -0.15) is 5.10 Å². The molecule has 0 amide bonds. The summed E-state index contributed by atoms with van der Waals surface area (Å²) in [5.74, 6) is 0. The van der Waals surface area contributed by atoms with Gasteiger partial charge in [-0.05, 0) is 6.42 Å². The lowest BCUT2D eigenvalue weighted by atomic mass is 10.2. The molecule has 4 heteroatoms. The molecule has 0 aliphatic carbocycles. The van der Waals surface area contributed by atoms with Crippen LogP contribution in [0.4, 0.5) is 0 Å². The minimum atomic E-state index is 0.637. The van der Waals surface area contributed by atoms with E-state index in [1.54, 1.807) is 18.1 Å². The highest BCUT2D eigenvalue weighted by atomic mass is 32.2. The van der Waals surface area contributed by atoms with Crippen molar-refractivity contribution in [2.24, 2.45) is 0 Å². The molecule has 1 atom stereocenters. The van der Waals surface area contributed by atoms with Gasteiger partial charge in [-0.1, -0.05) is 38.5 Å². The van der Waals surface area contributed by atoms with Crippen LogP contribution in [0.3, 0.4) is 0 Å². The monoisotopic (exact) mass is 185 g/mol. The normalized spacial score (nSPS) is 13.2. The first-order chi connectivity index (χ1) is 5.83. The molecule has 0 saturated carbocycles. The van der Waals surface area contributed by atoms with E-state index in [9.17, 15) is 0 Å². The fraction of sp³-hybridized carbons (Fsp3) is 0.750. The zero-order valence-electron chi connectivity index (χ0n) is 7.58. The lowest BCUT2D eigenvalue weighted by Crippen LogP contribution is -1.95.